The van der Waals surface area contributed by atoms with Gasteiger partial charge in [0.1, 0.15) is 19.3 Å². The molecule has 0 saturated carbocycles. The van der Waals surface area contributed by atoms with E-state index in [-0.39, 0.29) is 25.7 Å². The fraction of sp³-hybridized carbons (Fsp3) is 0.591. The van der Waals surface area contributed by atoms with Crippen molar-refractivity contribution in [1.29, 1.82) is 0 Å². The van der Waals surface area contributed by atoms with Crippen molar-refractivity contribution < 1.29 is 80.2 Å². The monoisotopic (exact) mass is 1600 g/mol. The molecule has 2 unspecified atom stereocenters. The molecule has 0 aliphatic carbocycles. The summed E-state index contributed by atoms with van der Waals surface area (Å²) in [7, 11) is -10.0. The molecule has 5 atom stereocenters. The van der Waals surface area contributed by atoms with Gasteiger partial charge in [-0.25, -0.2) is 9.13 Å². The third-order valence-corrected chi connectivity index (χ3v) is 18.6. The van der Waals surface area contributed by atoms with Gasteiger partial charge in [-0.15, -0.1) is 0 Å². The molecule has 0 amide bonds. The molecular formula is C93H148O17P2. The van der Waals surface area contributed by atoms with Crippen LogP contribution in [0, 0.1) is 0 Å². The quantitative estimate of drug-likeness (QED) is 0.0169. The molecule has 19 heteroatoms. The lowest BCUT2D eigenvalue weighted by Crippen LogP contribution is -2.30. The predicted octanol–water partition coefficient (Wildman–Crippen LogP) is 25.4. The Morgan fingerprint density at radius 3 is 0.821 bits per heavy atom. The first kappa shape index (κ1) is 106. The third-order valence-electron chi connectivity index (χ3n) is 16.7. The van der Waals surface area contributed by atoms with Gasteiger partial charge < -0.3 is 33.8 Å². The molecule has 17 nitrogen and oxygen atoms in total. The van der Waals surface area contributed by atoms with Crippen molar-refractivity contribution in [1.82, 2.24) is 0 Å². The van der Waals surface area contributed by atoms with Crippen LogP contribution in [-0.4, -0.2) is 96.7 Å². The highest BCUT2D eigenvalue weighted by Crippen LogP contribution is 2.45. The maximum Gasteiger partial charge on any atom is 0.472 e. The minimum Gasteiger partial charge on any atom is -0.462 e. The van der Waals surface area contributed by atoms with E-state index in [9.17, 15) is 43.2 Å². The van der Waals surface area contributed by atoms with Crippen LogP contribution in [0.2, 0.25) is 0 Å². The lowest BCUT2D eigenvalue weighted by molar-refractivity contribution is -0.161. The number of carbonyl (C=O) groups excluding carboxylic acids is 4. The summed E-state index contributed by atoms with van der Waals surface area (Å²) < 4.78 is 68.6. The molecule has 0 aromatic heterocycles. The second kappa shape index (κ2) is 82.6. The van der Waals surface area contributed by atoms with E-state index in [2.05, 4.69) is 198 Å². The van der Waals surface area contributed by atoms with E-state index in [1.165, 1.54) is 57.8 Å². The van der Waals surface area contributed by atoms with Gasteiger partial charge in [-0.05, 0) is 173 Å². The van der Waals surface area contributed by atoms with Gasteiger partial charge in [-0.1, -0.05) is 305 Å². The highest BCUT2D eigenvalue weighted by molar-refractivity contribution is 7.47. The number of rotatable bonds is 77. The second-order valence-electron chi connectivity index (χ2n) is 27.3. The van der Waals surface area contributed by atoms with Crippen molar-refractivity contribution in [3.8, 4) is 0 Å². The van der Waals surface area contributed by atoms with Crippen LogP contribution in [0.5, 0.6) is 0 Å². The lowest BCUT2D eigenvalue weighted by Gasteiger charge is -2.21. The fourth-order valence-corrected chi connectivity index (χ4v) is 11.9. The summed E-state index contributed by atoms with van der Waals surface area (Å²) in [5, 5.41) is 10.7. The summed E-state index contributed by atoms with van der Waals surface area (Å²) in [6.45, 7) is 4.38. The van der Waals surface area contributed by atoms with Crippen LogP contribution in [0.4, 0.5) is 0 Å². The molecule has 0 aromatic carbocycles. The highest BCUT2D eigenvalue weighted by Gasteiger charge is 2.30. The number of aliphatic hydroxyl groups excluding tert-OH is 1. The van der Waals surface area contributed by atoms with Gasteiger partial charge in [0.2, 0.25) is 0 Å². The Balaban J connectivity index is 5.59. The first-order valence-electron chi connectivity index (χ1n) is 42.3. The zero-order valence-corrected chi connectivity index (χ0v) is 71.0. The van der Waals surface area contributed by atoms with E-state index in [1.54, 1.807) is 0 Å². The number of phosphoric acid groups is 2. The molecule has 0 heterocycles. The van der Waals surface area contributed by atoms with Crippen LogP contribution in [0.3, 0.4) is 0 Å². The molecule has 0 rings (SSSR count). The number of aliphatic hydroxyl groups is 1. The number of hydrogen-bond acceptors (Lipinski definition) is 15. The smallest absolute Gasteiger partial charge is 0.462 e. The van der Waals surface area contributed by atoms with Crippen molar-refractivity contribution in [2.75, 3.05) is 39.6 Å². The SMILES string of the molecule is CC/C=C\C/C=C\C/C=C\C/C=C\C/C=C\C/C=C\CCC(=O)OC[C@H](COP(=O)(O)OC[C@@H](O)COP(=O)(O)OC[C@@H](COC(=O)CCCCCCC/C=C\CCCCCCCC)OC(=O)CC/C=C\C/C=C\C/C=C\C/C=C\C/C=C\CCCCC)OC(=O)CCCCC/C=C\C/C=C\C/C=C\C/C=C\C/C=C\CC. The molecule has 0 saturated heterocycles. The summed E-state index contributed by atoms with van der Waals surface area (Å²) in [5.74, 6) is -2.44. The van der Waals surface area contributed by atoms with Gasteiger partial charge in [0.25, 0.3) is 0 Å². The topological polar surface area (TPSA) is 237 Å². The number of ether oxygens (including phenoxy) is 4. The van der Waals surface area contributed by atoms with Crippen LogP contribution in [0.15, 0.2) is 207 Å². The van der Waals surface area contributed by atoms with Crippen LogP contribution < -0.4 is 0 Å². The van der Waals surface area contributed by atoms with Crippen molar-refractivity contribution in [2.45, 2.75) is 316 Å². The molecule has 3 N–H and O–H groups in total. The van der Waals surface area contributed by atoms with Crippen LogP contribution in [0.25, 0.3) is 0 Å². The van der Waals surface area contributed by atoms with Crippen molar-refractivity contribution in [2.24, 2.45) is 0 Å². The van der Waals surface area contributed by atoms with E-state index in [4.69, 9.17) is 37.0 Å². The average molecular weight is 1600 g/mol. The minimum atomic E-state index is -5.03. The fourth-order valence-electron chi connectivity index (χ4n) is 10.4. The van der Waals surface area contributed by atoms with Crippen molar-refractivity contribution in [3.63, 3.8) is 0 Å². The van der Waals surface area contributed by atoms with Gasteiger partial charge in [0.05, 0.1) is 26.4 Å². The first-order chi connectivity index (χ1) is 54.7. The molecule has 0 aliphatic rings. The summed E-state index contributed by atoms with van der Waals surface area (Å²) in [4.78, 5) is 73.2. The summed E-state index contributed by atoms with van der Waals surface area (Å²) in [5.41, 5.74) is 0. The molecule has 0 aromatic rings. The maximum absolute atomic E-state index is 13.1. The van der Waals surface area contributed by atoms with E-state index in [0.29, 0.717) is 38.5 Å². The van der Waals surface area contributed by atoms with Crippen LogP contribution in [-0.2, 0) is 65.4 Å². The van der Waals surface area contributed by atoms with Gasteiger partial charge in [-0.2, -0.15) is 0 Å². The zero-order valence-electron chi connectivity index (χ0n) is 69.3. The van der Waals surface area contributed by atoms with E-state index in [0.717, 1.165) is 148 Å². The number of carbonyl (C=O) groups is 4. The Morgan fingerprint density at radius 2 is 0.482 bits per heavy atom. The molecule has 0 fully saturated rings. The van der Waals surface area contributed by atoms with E-state index in [1.807, 2.05) is 36.5 Å². The number of hydrogen-bond donors (Lipinski definition) is 3. The van der Waals surface area contributed by atoms with E-state index >= 15 is 0 Å². The Kier molecular flexibility index (Phi) is 77.9. The molecule has 112 heavy (non-hydrogen) atoms. The van der Waals surface area contributed by atoms with Crippen LogP contribution >= 0.6 is 15.6 Å². The highest BCUT2D eigenvalue weighted by atomic mass is 31.2. The lowest BCUT2D eigenvalue weighted by atomic mass is 10.1. The van der Waals surface area contributed by atoms with Gasteiger partial charge >= 0.3 is 39.5 Å². The predicted molar refractivity (Wildman–Crippen MR) is 463 cm³/mol. The zero-order chi connectivity index (χ0) is 81.7. The van der Waals surface area contributed by atoms with Crippen LogP contribution in [0.1, 0.15) is 297 Å². The number of allylic oxidation sites excluding steroid dienone is 34. The number of phosphoric ester groups is 2. The first-order valence-corrected chi connectivity index (χ1v) is 45.3. The van der Waals surface area contributed by atoms with Crippen molar-refractivity contribution in [3.05, 3.63) is 207 Å². The Hall–Kier alpha value is -6.36. The third kappa shape index (κ3) is 81.6. The summed E-state index contributed by atoms with van der Waals surface area (Å²) in [6, 6.07) is 0. The largest absolute Gasteiger partial charge is 0.472 e. The number of unbranched alkanes of at least 4 members (excludes halogenated alkanes) is 17. The number of esters is 4. The Labute approximate surface area is 678 Å². The molecule has 0 bridgehead atoms. The Bertz CT molecular complexity index is 2940. The molecular weight excluding hydrogens is 1450 g/mol. The molecule has 0 radical (unpaired) electrons. The molecule has 632 valence electrons. The standard InChI is InChI=1S/C93H148O17P2/c1-5-9-13-17-21-25-29-33-37-40-43-46-50-54-58-62-66-70-74-78-91(96)104-84-89(110-93(98)80-76-72-68-64-60-56-52-48-45-42-39-35-31-27-23-19-15-11-7-3)86-108-112(101,102)106-82-87(94)81-105-111(99,100)107-85-88(83-103-90(95)77-73-69-65-61-57-53-49-36-32-28-24-20-16-12-8-4)109-92(97)79-75-71-67-63-59-55-51-47-44-41-38-34-30-26-22-18-14-10-6-2/h9,11,13,15,21-23,25-27,33-39,43-49,54-56,58-60,66-67,70-71,87-89,94H,5-8,10,12,14,16-20,24,28-32,40-42,50-53,57,61-65,68-69,72-86H2,1-4H3,(H,99,100)(H,101,102)/b13-9-,15-11-,25-21-,26-22-,27-23-,37-33-,38-34-,39-35-,46-43-,47-44-,48-45-,49-36-,58-54-,59-55-,60-56-,70-66-,71-67-/t87-,88+,89+/m0/s1. The minimum absolute atomic E-state index is 0.0177. The normalized spacial score (nSPS) is 14.8. The van der Waals surface area contributed by atoms with E-state index < -0.39 is 97.5 Å². The van der Waals surface area contributed by atoms with Gasteiger partial charge in [0, 0.05) is 25.7 Å². The average Bonchev–Trinajstić information content (AvgIpc) is 0.908. The molecule has 0 aliphatic heterocycles. The second-order valence-corrected chi connectivity index (χ2v) is 30.2. The maximum atomic E-state index is 13.1. The summed E-state index contributed by atoms with van der Waals surface area (Å²) >= 11 is 0. The van der Waals surface area contributed by atoms with Gasteiger partial charge in [-0.3, -0.25) is 37.3 Å². The summed E-state index contributed by atoms with van der Waals surface area (Å²) in [6.07, 6.45) is 104. The van der Waals surface area contributed by atoms with Crippen molar-refractivity contribution >= 4 is 39.5 Å². The Morgan fingerprint density at radius 1 is 0.259 bits per heavy atom. The molecule has 0 spiro atoms. The van der Waals surface area contributed by atoms with Gasteiger partial charge in [0.15, 0.2) is 12.2 Å².